The Kier molecular flexibility index (Phi) is 5.14. The first-order valence-electron chi connectivity index (χ1n) is 6.53. The number of carbonyl (C=O) groups excluding carboxylic acids is 1. The highest BCUT2D eigenvalue weighted by molar-refractivity contribution is 5.84. The third-order valence-corrected chi connectivity index (χ3v) is 3.29. The molecule has 104 valence electrons. The molecule has 2 unspecified atom stereocenters. The summed E-state index contributed by atoms with van der Waals surface area (Å²) in [6.07, 6.45) is 2.53. The Morgan fingerprint density at radius 1 is 1.44 bits per heavy atom. The van der Waals surface area contributed by atoms with E-state index < -0.39 is 17.4 Å². The minimum Gasteiger partial charge on any atom is -0.480 e. The normalized spacial score (nSPS) is 22.3. The van der Waals surface area contributed by atoms with Crippen LogP contribution in [0.2, 0.25) is 0 Å². The summed E-state index contributed by atoms with van der Waals surface area (Å²) in [6.45, 7) is 7.30. The van der Waals surface area contributed by atoms with Gasteiger partial charge in [-0.3, -0.25) is 4.79 Å². The molecule has 1 fully saturated rings. The fourth-order valence-corrected chi connectivity index (χ4v) is 2.23. The first kappa shape index (κ1) is 15.0. The summed E-state index contributed by atoms with van der Waals surface area (Å²) >= 11 is 0. The Morgan fingerprint density at radius 3 is 2.56 bits per heavy atom. The van der Waals surface area contributed by atoms with E-state index in [1.54, 1.807) is 0 Å². The van der Waals surface area contributed by atoms with Crippen LogP contribution in [0, 0.1) is 11.3 Å². The third kappa shape index (κ3) is 4.64. The summed E-state index contributed by atoms with van der Waals surface area (Å²) in [6, 6.07) is -0.832. The SMILES string of the molecule is CC(C)(C)C(NC(=O)CC1CCCNC1)C(=O)O. The Morgan fingerprint density at radius 2 is 2.11 bits per heavy atom. The highest BCUT2D eigenvalue weighted by atomic mass is 16.4. The topological polar surface area (TPSA) is 78.4 Å². The number of aliphatic carboxylic acids is 1. The quantitative estimate of drug-likeness (QED) is 0.701. The van der Waals surface area contributed by atoms with E-state index >= 15 is 0 Å². The summed E-state index contributed by atoms with van der Waals surface area (Å²) in [5, 5.41) is 15.0. The van der Waals surface area contributed by atoms with Gasteiger partial charge in [0.2, 0.25) is 5.91 Å². The highest BCUT2D eigenvalue weighted by Crippen LogP contribution is 2.20. The average Bonchev–Trinajstić information content (AvgIpc) is 2.25. The zero-order valence-electron chi connectivity index (χ0n) is 11.5. The molecule has 0 radical (unpaired) electrons. The van der Waals surface area contributed by atoms with Gasteiger partial charge in [0.1, 0.15) is 6.04 Å². The molecule has 0 saturated carbocycles. The van der Waals surface area contributed by atoms with E-state index in [4.69, 9.17) is 5.11 Å². The molecule has 0 aromatic rings. The maximum absolute atomic E-state index is 11.9. The van der Waals surface area contributed by atoms with Gasteiger partial charge in [0.25, 0.3) is 0 Å². The Labute approximate surface area is 108 Å². The van der Waals surface area contributed by atoms with Crippen molar-refractivity contribution in [1.29, 1.82) is 0 Å². The van der Waals surface area contributed by atoms with Gasteiger partial charge in [0.05, 0.1) is 0 Å². The van der Waals surface area contributed by atoms with E-state index in [2.05, 4.69) is 10.6 Å². The van der Waals surface area contributed by atoms with Gasteiger partial charge < -0.3 is 15.7 Å². The van der Waals surface area contributed by atoms with Crippen molar-refractivity contribution in [2.24, 2.45) is 11.3 Å². The molecule has 0 aromatic carbocycles. The van der Waals surface area contributed by atoms with Crippen molar-refractivity contribution >= 4 is 11.9 Å². The van der Waals surface area contributed by atoms with Crippen molar-refractivity contribution in [3.05, 3.63) is 0 Å². The second kappa shape index (κ2) is 6.18. The molecule has 18 heavy (non-hydrogen) atoms. The zero-order chi connectivity index (χ0) is 13.8. The van der Waals surface area contributed by atoms with Gasteiger partial charge in [-0.05, 0) is 37.3 Å². The van der Waals surface area contributed by atoms with Crippen LogP contribution in [0.15, 0.2) is 0 Å². The number of amides is 1. The third-order valence-electron chi connectivity index (χ3n) is 3.29. The molecule has 1 heterocycles. The number of rotatable bonds is 4. The predicted octanol–water partition coefficient (Wildman–Crippen LogP) is 0.992. The summed E-state index contributed by atoms with van der Waals surface area (Å²) in [5.74, 6) is -0.809. The maximum atomic E-state index is 11.9. The molecule has 0 spiro atoms. The minimum absolute atomic E-state index is 0.161. The second-order valence-corrected chi connectivity index (χ2v) is 6.12. The Bertz CT molecular complexity index is 304. The largest absolute Gasteiger partial charge is 0.480 e. The molecule has 5 nitrogen and oxygen atoms in total. The lowest BCUT2D eigenvalue weighted by atomic mass is 9.86. The molecule has 0 aromatic heterocycles. The molecular formula is C13H24N2O3. The number of carbonyl (C=O) groups is 2. The molecule has 0 bridgehead atoms. The first-order valence-corrected chi connectivity index (χ1v) is 6.53. The number of carboxylic acids is 1. The van der Waals surface area contributed by atoms with E-state index in [1.807, 2.05) is 20.8 Å². The van der Waals surface area contributed by atoms with Crippen molar-refractivity contribution in [3.8, 4) is 0 Å². The monoisotopic (exact) mass is 256 g/mol. The van der Waals surface area contributed by atoms with E-state index in [-0.39, 0.29) is 5.91 Å². The van der Waals surface area contributed by atoms with Crippen molar-refractivity contribution in [2.75, 3.05) is 13.1 Å². The van der Waals surface area contributed by atoms with E-state index in [0.717, 1.165) is 25.9 Å². The van der Waals surface area contributed by atoms with Crippen LogP contribution >= 0.6 is 0 Å². The second-order valence-electron chi connectivity index (χ2n) is 6.12. The predicted molar refractivity (Wildman–Crippen MR) is 69.2 cm³/mol. The standard InChI is InChI=1S/C13H24N2O3/c1-13(2,3)11(12(17)18)15-10(16)7-9-5-4-6-14-8-9/h9,11,14H,4-8H2,1-3H3,(H,15,16)(H,17,18). The molecule has 1 amide bonds. The molecule has 1 aliphatic heterocycles. The van der Waals surface area contributed by atoms with Crippen LogP contribution < -0.4 is 10.6 Å². The van der Waals surface area contributed by atoms with Gasteiger partial charge in [-0.15, -0.1) is 0 Å². The number of hydrogen-bond donors (Lipinski definition) is 3. The van der Waals surface area contributed by atoms with Crippen LogP contribution in [0.5, 0.6) is 0 Å². The molecule has 5 heteroatoms. The van der Waals surface area contributed by atoms with Crippen molar-refractivity contribution < 1.29 is 14.7 Å². The van der Waals surface area contributed by atoms with Crippen LogP contribution in [-0.2, 0) is 9.59 Å². The summed E-state index contributed by atoms with van der Waals surface area (Å²) in [7, 11) is 0. The smallest absolute Gasteiger partial charge is 0.326 e. The number of piperidine rings is 1. The molecule has 1 aliphatic rings. The van der Waals surface area contributed by atoms with Gasteiger partial charge in [-0.25, -0.2) is 4.79 Å². The van der Waals surface area contributed by atoms with Crippen LogP contribution in [0.3, 0.4) is 0 Å². The van der Waals surface area contributed by atoms with Gasteiger partial charge in [-0.1, -0.05) is 20.8 Å². The lowest BCUT2D eigenvalue weighted by molar-refractivity contribution is -0.145. The van der Waals surface area contributed by atoms with Crippen LogP contribution in [0.4, 0.5) is 0 Å². The fraction of sp³-hybridized carbons (Fsp3) is 0.846. The lowest BCUT2D eigenvalue weighted by Crippen LogP contribution is -2.49. The molecule has 1 rings (SSSR count). The van der Waals surface area contributed by atoms with E-state index in [0.29, 0.717) is 12.3 Å². The van der Waals surface area contributed by atoms with E-state index in [9.17, 15) is 9.59 Å². The average molecular weight is 256 g/mol. The number of nitrogens with one attached hydrogen (secondary N) is 2. The lowest BCUT2D eigenvalue weighted by Gasteiger charge is -2.29. The molecule has 2 atom stereocenters. The number of hydrogen-bond acceptors (Lipinski definition) is 3. The van der Waals surface area contributed by atoms with Crippen molar-refractivity contribution in [1.82, 2.24) is 10.6 Å². The minimum atomic E-state index is -0.974. The van der Waals surface area contributed by atoms with Crippen molar-refractivity contribution in [2.45, 2.75) is 46.1 Å². The van der Waals surface area contributed by atoms with E-state index in [1.165, 1.54) is 0 Å². The van der Waals surface area contributed by atoms with Crippen LogP contribution in [0.1, 0.15) is 40.0 Å². The number of carboxylic acid groups (broad SMARTS) is 1. The Balaban J connectivity index is 2.48. The molecule has 1 saturated heterocycles. The van der Waals surface area contributed by atoms with Gasteiger partial charge in [0.15, 0.2) is 0 Å². The molecular weight excluding hydrogens is 232 g/mol. The summed E-state index contributed by atoms with van der Waals surface area (Å²) < 4.78 is 0. The maximum Gasteiger partial charge on any atom is 0.326 e. The fourth-order valence-electron chi connectivity index (χ4n) is 2.23. The molecule has 0 aliphatic carbocycles. The summed E-state index contributed by atoms with van der Waals surface area (Å²) in [5.41, 5.74) is -0.480. The highest BCUT2D eigenvalue weighted by Gasteiger charge is 2.33. The van der Waals surface area contributed by atoms with Gasteiger partial charge in [-0.2, -0.15) is 0 Å². The van der Waals surface area contributed by atoms with Gasteiger partial charge >= 0.3 is 5.97 Å². The molecule has 3 N–H and O–H groups in total. The van der Waals surface area contributed by atoms with Gasteiger partial charge in [0, 0.05) is 6.42 Å². The Hall–Kier alpha value is -1.10. The summed E-state index contributed by atoms with van der Waals surface area (Å²) in [4.78, 5) is 23.0. The van der Waals surface area contributed by atoms with Crippen molar-refractivity contribution in [3.63, 3.8) is 0 Å². The van der Waals surface area contributed by atoms with Crippen LogP contribution in [0.25, 0.3) is 0 Å². The van der Waals surface area contributed by atoms with Crippen LogP contribution in [-0.4, -0.2) is 36.1 Å². The zero-order valence-corrected chi connectivity index (χ0v) is 11.5. The first-order chi connectivity index (χ1) is 8.30.